The first-order chi connectivity index (χ1) is 9.16. The fourth-order valence-corrected chi connectivity index (χ4v) is 1.81. The molecular weight excluding hydrogens is 236 g/mol. The van der Waals surface area contributed by atoms with E-state index in [1.54, 1.807) is 0 Å². The Morgan fingerprint density at radius 3 is 2.42 bits per heavy atom. The van der Waals surface area contributed by atoms with Crippen LogP contribution in [0.4, 0.5) is 5.69 Å². The van der Waals surface area contributed by atoms with Gasteiger partial charge < -0.3 is 15.4 Å². The van der Waals surface area contributed by atoms with Crippen LogP contribution in [0.2, 0.25) is 0 Å². The van der Waals surface area contributed by atoms with Crippen LogP contribution in [0, 0.1) is 0 Å². The number of nitrogens with zero attached hydrogens (tertiary/aromatic N) is 1. The predicted molar refractivity (Wildman–Crippen MR) is 80.3 cm³/mol. The molecule has 0 fully saturated rings. The van der Waals surface area contributed by atoms with Crippen LogP contribution in [-0.2, 0) is 0 Å². The summed E-state index contributed by atoms with van der Waals surface area (Å²) in [6.07, 6.45) is 0. The third-order valence-corrected chi connectivity index (χ3v) is 2.92. The maximum Gasteiger partial charge on any atom is 0.142 e. The van der Waals surface area contributed by atoms with Crippen LogP contribution >= 0.6 is 0 Å². The van der Waals surface area contributed by atoms with Crippen molar-refractivity contribution in [3.8, 4) is 16.9 Å². The number of nitrogens with two attached hydrogens (primary N) is 1. The van der Waals surface area contributed by atoms with E-state index >= 15 is 0 Å². The maximum atomic E-state index is 5.95. The van der Waals surface area contributed by atoms with Gasteiger partial charge in [0, 0.05) is 6.54 Å². The summed E-state index contributed by atoms with van der Waals surface area (Å²) in [6, 6.07) is 16.1. The van der Waals surface area contributed by atoms with E-state index in [2.05, 4.69) is 17.0 Å². The summed E-state index contributed by atoms with van der Waals surface area (Å²) >= 11 is 0. The third kappa shape index (κ3) is 3.73. The lowest BCUT2D eigenvalue weighted by molar-refractivity contribution is 0.262. The summed E-state index contributed by atoms with van der Waals surface area (Å²) in [5.41, 5.74) is 8.91. The summed E-state index contributed by atoms with van der Waals surface area (Å²) in [5.74, 6) is 0.753. The van der Waals surface area contributed by atoms with Gasteiger partial charge >= 0.3 is 0 Å². The van der Waals surface area contributed by atoms with Gasteiger partial charge in [0.1, 0.15) is 12.4 Å². The van der Waals surface area contributed by atoms with E-state index in [0.29, 0.717) is 12.3 Å². The van der Waals surface area contributed by atoms with Crippen molar-refractivity contribution in [1.82, 2.24) is 4.90 Å². The first kappa shape index (κ1) is 13.4. The first-order valence-corrected chi connectivity index (χ1v) is 6.39. The van der Waals surface area contributed by atoms with Gasteiger partial charge in [0.05, 0.1) is 5.69 Å². The van der Waals surface area contributed by atoms with Crippen LogP contribution in [-0.4, -0.2) is 32.1 Å². The van der Waals surface area contributed by atoms with Crippen LogP contribution in [0.3, 0.4) is 0 Å². The maximum absolute atomic E-state index is 5.95. The molecule has 0 heterocycles. The second kappa shape index (κ2) is 6.25. The molecule has 0 radical (unpaired) electrons. The smallest absolute Gasteiger partial charge is 0.142 e. The number of likely N-dealkylation sites (N-methyl/N-ethyl adjacent to an activating group) is 1. The summed E-state index contributed by atoms with van der Waals surface area (Å²) < 4.78 is 5.74. The molecule has 100 valence electrons. The average Bonchev–Trinajstić information content (AvgIpc) is 2.41. The van der Waals surface area contributed by atoms with Crippen molar-refractivity contribution in [2.45, 2.75) is 0 Å². The number of nitrogen functional groups attached to an aromatic ring is 1. The summed E-state index contributed by atoms with van der Waals surface area (Å²) in [4.78, 5) is 2.08. The highest BCUT2D eigenvalue weighted by Crippen LogP contribution is 2.28. The van der Waals surface area contributed by atoms with E-state index in [0.717, 1.165) is 17.9 Å². The zero-order valence-electron chi connectivity index (χ0n) is 11.5. The molecule has 0 aliphatic carbocycles. The molecule has 19 heavy (non-hydrogen) atoms. The van der Waals surface area contributed by atoms with Crippen LogP contribution in [0.1, 0.15) is 0 Å². The molecule has 0 spiro atoms. The normalized spacial score (nSPS) is 10.7. The molecular formula is C16H20N2O. The van der Waals surface area contributed by atoms with Gasteiger partial charge in [0.2, 0.25) is 0 Å². The van der Waals surface area contributed by atoms with Gasteiger partial charge in [-0.1, -0.05) is 36.4 Å². The molecule has 2 N–H and O–H groups in total. The molecule has 0 aliphatic rings. The predicted octanol–water partition coefficient (Wildman–Crippen LogP) is 2.88. The molecule has 3 heteroatoms. The van der Waals surface area contributed by atoms with E-state index < -0.39 is 0 Å². The molecule has 3 nitrogen and oxygen atoms in total. The lowest BCUT2D eigenvalue weighted by Crippen LogP contribution is -2.19. The van der Waals surface area contributed by atoms with E-state index in [-0.39, 0.29) is 0 Å². The lowest BCUT2D eigenvalue weighted by atomic mass is 10.1. The number of ether oxygens (including phenoxy) is 1. The molecule has 0 amide bonds. The van der Waals surface area contributed by atoms with E-state index in [1.807, 2.05) is 50.5 Å². The minimum Gasteiger partial charge on any atom is -0.490 e. The standard InChI is InChI=1S/C16H20N2O/c1-18(2)10-11-19-16-12-14(8-9-15(16)17)13-6-4-3-5-7-13/h3-9,12H,10-11,17H2,1-2H3. The molecule has 2 aromatic rings. The molecule has 2 rings (SSSR count). The second-order valence-electron chi connectivity index (χ2n) is 4.77. The Hall–Kier alpha value is -2.00. The number of rotatable bonds is 5. The van der Waals surface area contributed by atoms with Crippen molar-refractivity contribution in [2.75, 3.05) is 33.0 Å². The molecule has 0 saturated carbocycles. The third-order valence-electron chi connectivity index (χ3n) is 2.92. The zero-order chi connectivity index (χ0) is 13.7. The van der Waals surface area contributed by atoms with Crippen LogP contribution in [0.15, 0.2) is 48.5 Å². The first-order valence-electron chi connectivity index (χ1n) is 6.39. The minimum atomic E-state index is 0.634. The molecule has 0 atom stereocenters. The van der Waals surface area contributed by atoms with Gasteiger partial charge in [-0.3, -0.25) is 0 Å². The van der Waals surface area contributed by atoms with Gasteiger partial charge in [0.25, 0.3) is 0 Å². The van der Waals surface area contributed by atoms with Crippen molar-refractivity contribution >= 4 is 5.69 Å². The fourth-order valence-electron chi connectivity index (χ4n) is 1.81. The van der Waals surface area contributed by atoms with Crippen molar-refractivity contribution < 1.29 is 4.74 Å². The number of benzene rings is 2. The van der Waals surface area contributed by atoms with Crippen LogP contribution in [0.5, 0.6) is 5.75 Å². The second-order valence-corrected chi connectivity index (χ2v) is 4.77. The zero-order valence-corrected chi connectivity index (χ0v) is 11.5. The average molecular weight is 256 g/mol. The Bertz CT molecular complexity index is 524. The van der Waals surface area contributed by atoms with Gasteiger partial charge in [0.15, 0.2) is 0 Å². The molecule has 0 unspecified atom stereocenters. The monoisotopic (exact) mass is 256 g/mol. The topological polar surface area (TPSA) is 38.5 Å². The summed E-state index contributed by atoms with van der Waals surface area (Å²) in [5, 5.41) is 0. The highest BCUT2D eigenvalue weighted by atomic mass is 16.5. The molecule has 0 saturated heterocycles. The van der Waals surface area contributed by atoms with Gasteiger partial charge in [-0.05, 0) is 37.4 Å². The number of anilines is 1. The number of hydrogen-bond acceptors (Lipinski definition) is 3. The van der Waals surface area contributed by atoms with Gasteiger partial charge in [-0.25, -0.2) is 0 Å². The lowest BCUT2D eigenvalue weighted by Gasteiger charge is -2.13. The largest absolute Gasteiger partial charge is 0.490 e. The summed E-state index contributed by atoms with van der Waals surface area (Å²) in [7, 11) is 4.04. The Balaban J connectivity index is 2.15. The molecule has 0 bridgehead atoms. The fraction of sp³-hybridized carbons (Fsp3) is 0.250. The molecule has 2 aromatic carbocycles. The van der Waals surface area contributed by atoms with E-state index in [4.69, 9.17) is 10.5 Å². The van der Waals surface area contributed by atoms with E-state index in [9.17, 15) is 0 Å². The highest BCUT2D eigenvalue weighted by Gasteiger charge is 2.04. The highest BCUT2D eigenvalue weighted by molar-refractivity contribution is 5.69. The van der Waals surface area contributed by atoms with Crippen molar-refractivity contribution in [1.29, 1.82) is 0 Å². The Kier molecular flexibility index (Phi) is 4.42. The summed E-state index contributed by atoms with van der Waals surface area (Å²) in [6.45, 7) is 1.50. The molecule has 0 aliphatic heterocycles. The van der Waals surface area contributed by atoms with Gasteiger partial charge in [-0.15, -0.1) is 0 Å². The SMILES string of the molecule is CN(C)CCOc1cc(-c2ccccc2)ccc1N. The Morgan fingerprint density at radius 1 is 1.00 bits per heavy atom. The van der Waals surface area contributed by atoms with E-state index in [1.165, 1.54) is 5.56 Å². The quantitative estimate of drug-likeness (QED) is 0.836. The van der Waals surface area contributed by atoms with Crippen molar-refractivity contribution in [2.24, 2.45) is 0 Å². The van der Waals surface area contributed by atoms with Gasteiger partial charge in [-0.2, -0.15) is 0 Å². The Morgan fingerprint density at radius 2 is 1.74 bits per heavy atom. The Labute approximate surface area is 114 Å². The van der Waals surface area contributed by atoms with Crippen molar-refractivity contribution in [3.63, 3.8) is 0 Å². The molecule has 0 aromatic heterocycles. The van der Waals surface area contributed by atoms with Crippen molar-refractivity contribution in [3.05, 3.63) is 48.5 Å². The van der Waals surface area contributed by atoms with Crippen LogP contribution in [0.25, 0.3) is 11.1 Å². The minimum absolute atomic E-state index is 0.634. The number of hydrogen-bond donors (Lipinski definition) is 1. The van der Waals surface area contributed by atoms with Crippen LogP contribution < -0.4 is 10.5 Å².